The summed E-state index contributed by atoms with van der Waals surface area (Å²) in [6.45, 7) is 0. The number of H-pyrrole nitrogens is 1. The van der Waals surface area contributed by atoms with Crippen molar-refractivity contribution in [3.63, 3.8) is 0 Å². The number of rotatable bonds is 0. The van der Waals surface area contributed by atoms with Crippen LogP contribution in [0.3, 0.4) is 0 Å². The smallest absolute Gasteiger partial charge is 0.135 e. The van der Waals surface area contributed by atoms with Gasteiger partial charge in [-0.3, -0.25) is 4.98 Å². The predicted octanol–water partition coefficient (Wildman–Crippen LogP) is 1.43. The fourth-order valence-corrected chi connectivity index (χ4v) is 1.15. The van der Waals surface area contributed by atoms with Crippen molar-refractivity contribution >= 4 is 10.9 Å². The molecule has 3 rings (SSSR count). The Morgan fingerprint density at radius 3 is 2.53 bits per heavy atom. The summed E-state index contributed by atoms with van der Waals surface area (Å²) in [5, 5.41) is 13.3. The Morgan fingerprint density at radius 1 is 1.00 bits per heavy atom. The van der Waals surface area contributed by atoms with Gasteiger partial charge in [-0.1, -0.05) is 24.3 Å². The summed E-state index contributed by atoms with van der Waals surface area (Å²) in [6, 6.07) is 12.1. The van der Waals surface area contributed by atoms with Gasteiger partial charge in [0, 0.05) is 11.6 Å². The van der Waals surface area contributed by atoms with Crippen molar-refractivity contribution in [2.75, 3.05) is 0 Å². The normalized spacial score (nSPS) is 9.33. The molecule has 5 nitrogen and oxygen atoms in total. The molecule has 1 aromatic carbocycles. The summed E-state index contributed by atoms with van der Waals surface area (Å²) >= 11 is 0. The third-order valence-electron chi connectivity index (χ3n) is 1.78. The average Bonchev–Trinajstić information content (AvgIpc) is 2.88. The number of aromatic nitrogens is 5. The van der Waals surface area contributed by atoms with Gasteiger partial charge in [0.25, 0.3) is 0 Å². The summed E-state index contributed by atoms with van der Waals surface area (Å²) < 4.78 is 0. The van der Waals surface area contributed by atoms with Gasteiger partial charge in [-0.2, -0.15) is 0 Å². The maximum atomic E-state index is 4.18. The zero-order chi connectivity index (χ0) is 10.3. The van der Waals surface area contributed by atoms with E-state index in [4.69, 9.17) is 0 Å². The van der Waals surface area contributed by atoms with E-state index in [-0.39, 0.29) is 0 Å². The van der Waals surface area contributed by atoms with Gasteiger partial charge < -0.3 is 0 Å². The van der Waals surface area contributed by atoms with E-state index in [0.717, 1.165) is 5.52 Å². The molecule has 0 spiro atoms. The number of para-hydroxylation sites is 1. The number of fused-ring (bicyclic) bond motifs is 1. The second-order valence-corrected chi connectivity index (χ2v) is 2.76. The van der Waals surface area contributed by atoms with Crippen LogP contribution in [-0.2, 0) is 0 Å². The molecule has 15 heavy (non-hydrogen) atoms. The van der Waals surface area contributed by atoms with Crippen LogP contribution in [0.5, 0.6) is 0 Å². The van der Waals surface area contributed by atoms with Crippen molar-refractivity contribution < 1.29 is 0 Å². The molecule has 3 aromatic rings. The highest BCUT2D eigenvalue weighted by molar-refractivity contribution is 5.77. The van der Waals surface area contributed by atoms with E-state index in [1.165, 1.54) is 11.7 Å². The van der Waals surface area contributed by atoms with Gasteiger partial charge in [0.05, 0.1) is 5.52 Å². The second-order valence-electron chi connectivity index (χ2n) is 2.76. The first kappa shape index (κ1) is 9.26. The van der Waals surface area contributed by atoms with Crippen molar-refractivity contribution in [2.45, 2.75) is 0 Å². The molecule has 0 saturated carbocycles. The second kappa shape index (κ2) is 4.80. The Kier molecular flexibility index (Phi) is 2.97. The molecule has 0 aliphatic rings. The molecule has 0 unspecified atom stereocenters. The number of nitrogens with zero attached hydrogens (tertiary/aromatic N) is 4. The minimum absolute atomic E-state index is 1.06. The van der Waals surface area contributed by atoms with Crippen LogP contribution < -0.4 is 0 Å². The number of pyridine rings is 1. The summed E-state index contributed by atoms with van der Waals surface area (Å²) in [7, 11) is 0. The van der Waals surface area contributed by atoms with Crippen molar-refractivity contribution in [1.29, 1.82) is 0 Å². The molecule has 0 bridgehead atoms. The first-order chi connectivity index (χ1) is 7.47. The number of hydrogen-bond acceptors (Lipinski definition) is 4. The van der Waals surface area contributed by atoms with E-state index in [1.807, 2.05) is 30.5 Å². The summed E-state index contributed by atoms with van der Waals surface area (Å²) in [5.41, 5.74) is 1.06. The van der Waals surface area contributed by atoms with Crippen LogP contribution >= 0.6 is 0 Å². The highest BCUT2D eigenvalue weighted by atomic mass is 15.5. The average molecular weight is 199 g/mol. The maximum Gasteiger partial charge on any atom is 0.135 e. The Labute approximate surface area is 86.2 Å². The van der Waals surface area contributed by atoms with Crippen LogP contribution in [0.15, 0.2) is 48.9 Å². The summed E-state index contributed by atoms with van der Waals surface area (Å²) in [4.78, 5) is 4.18. The predicted molar refractivity (Wildman–Crippen MR) is 55.9 cm³/mol. The molecule has 0 aliphatic heterocycles. The Hall–Kier alpha value is -2.30. The lowest BCUT2D eigenvalue weighted by atomic mass is 10.2. The molecule has 5 heteroatoms. The molecule has 0 atom stereocenters. The van der Waals surface area contributed by atoms with E-state index in [0.29, 0.717) is 0 Å². The van der Waals surface area contributed by atoms with E-state index in [9.17, 15) is 0 Å². The monoisotopic (exact) mass is 199 g/mol. The molecule has 0 saturated heterocycles. The third-order valence-corrected chi connectivity index (χ3v) is 1.78. The first-order valence-corrected chi connectivity index (χ1v) is 4.43. The molecule has 74 valence electrons. The largest absolute Gasteiger partial charge is 0.256 e. The minimum atomic E-state index is 1.06. The van der Waals surface area contributed by atoms with Gasteiger partial charge in [-0.15, -0.1) is 5.10 Å². The van der Waals surface area contributed by atoms with Gasteiger partial charge in [0.15, 0.2) is 0 Å². The van der Waals surface area contributed by atoms with Crippen LogP contribution in [-0.4, -0.2) is 25.6 Å². The standard InChI is InChI=1S/C9H7N.CH2N4/c1-2-6-9-8(4-1)5-3-7-10-9;1-2-4-5-3-1/h1-7H;1H,(H,2,3,4,5). The molecular weight excluding hydrogens is 190 g/mol. The highest BCUT2D eigenvalue weighted by Gasteiger charge is 1.86. The lowest BCUT2D eigenvalue weighted by molar-refractivity contribution is 0.881. The minimum Gasteiger partial charge on any atom is -0.256 e. The fraction of sp³-hybridized carbons (Fsp3) is 0. The topological polar surface area (TPSA) is 67.3 Å². The Morgan fingerprint density at radius 2 is 1.87 bits per heavy atom. The van der Waals surface area contributed by atoms with Crippen LogP contribution in [0.25, 0.3) is 10.9 Å². The SMILES string of the molecule is c1ccc2ncccc2c1.c1nnn[nH]1. The van der Waals surface area contributed by atoms with Crippen LogP contribution in [0.4, 0.5) is 0 Å². The third kappa shape index (κ3) is 2.57. The van der Waals surface area contributed by atoms with E-state index in [2.05, 4.69) is 37.7 Å². The van der Waals surface area contributed by atoms with Gasteiger partial charge in [-0.25, -0.2) is 5.10 Å². The lowest BCUT2D eigenvalue weighted by Gasteiger charge is -1.91. The molecule has 0 aliphatic carbocycles. The van der Waals surface area contributed by atoms with Crippen LogP contribution in [0.2, 0.25) is 0 Å². The molecule has 0 radical (unpaired) electrons. The number of benzene rings is 1. The lowest BCUT2D eigenvalue weighted by Crippen LogP contribution is -1.73. The first-order valence-electron chi connectivity index (χ1n) is 4.43. The number of nitrogens with one attached hydrogen (secondary N) is 1. The van der Waals surface area contributed by atoms with Crippen LogP contribution in [0, 0.1) is 0 Å². The highest BCUT2D eigenvalue weighted by Crippen LogP contribution is 2.07. The fourth-order valence-electron chi connectivity index (χ4n) is 1.15. The molecule has 2 heterocycles. The van der Waals surface area contributed by atoms with Gasteiger partial charge >= 0.3 is 0 Å². The maximum absolute atomic E-state index is 4.18. The van der Waals surface area contributed by atoms with Crippen molar-refractivity contribution in [1.82, 2.24) is 25.6 Å². The zero-order valence-corrected chi connectivity index (χ0v) is 7.91. The molecule has 1 N–H and O–H groups in total. The number of aromatic amines is 1. The Bertz CT molecular complexity index is 423. The van der Waals surface area contributed by atoms with E-state index in [1.54, 1.807) is 0 Å². The van der Waals surface area contributed by atoms with Gasteiger partial charge in [-0.05, 0) is 22.6 Å². The zero-order valence-electron chi connectivity index (χ0n) is 7.91. The van der Waals surface area contributed by atoms with Gasteiger partial charge in [0.2, 0.25) is 0 Å². The number of tetrazole rings is 1. The Balaban J connectivity index is 0.000000144. The van der Waals surface area contributed by atoms with Crippen molar-refractivity contribution in [3.05, 3.63) is 48.9 Å². The molecule has 0 amide bonds. The summed E-state index contributed by atoms with van der Waals surface area (Å²) in [6.07, 6.45) is 3.21. The van der Waals surface area contributed by atoms with E-state index < -0.39 is 0 Å². The molecule has 2 aromatic heterocycles. The van der Waals surface area contributed by atoms with Crippen molar-refractivity contribution in [3.8, 4) is 0 Å². The number of hydrogen-bond donors (Lipinski definition) is 1. The van der Waals surface area contributed by atoms with E-state index >= 15 is 0 Å². The van der Waals surface area contributed by atoms with Crippen molar-refractivity contribution in [2.24, 2.45) is 0 Å². The summed E-state index contributed by atoms with van der Waals surface area (Å²) in [5.74, 6) is 0. The molecular formula is C10H9N5. The molecule has 0 fully saturated rings. The quantitative estimate of drug-likeness (QED) is 0.594. The van der Waals surface area contributed by atoms with Crippen LogP contribution in [0.1, 0.15) is 0 Å². The van der Waals surface area contributed by atoms with Gasteiger partial charge in [0.1, 0.15) is 6.33 Å².